The first-order chi connectivity index (χ1) is 7.22. The van der Waals surface area contributed by atoms with Crippen LogP contribution in [0.3, 0.4) is 0 Å². The zero-order valence-electron chi connectivity index (χ0n) is 7.64. The fourth-order valence-electron chi connectivity index (χ4n) is 1.40. The zero-order chi connectivity index (χ0) is 10.8. The van der Waals surface area contributed by atoms with Gasteiger partial charge in [-0.25, -0.2) is 9.78 Å². The second-order valence-corrected chi connectivity index (χ2v) is 2.99. The summed E-state index contributed by atoms with van der Waals surface area (Å²) in [4.78, 5) is 14.9. The predicted octanol–water partition coefficient (Wildman–Crippen LogP) is 1.80. The van der Waals surface area contributed by atoms with Crippen molar-refractivity contribution < 1.29 is 9.90 Å². The van der Waals surface area contributed by atoms with Crippen LogP contribution in [0.5, 0.6) is 0 Å². The lowest BCUT2D eigenvalue weighted by Crippen LogP contribution is -1.98. The van der Waals surface area contributed by atoms with Crippen molar-refractivity contribution in [2.75, 3.05) is 0 Å². The van der Waals surface area contributed by atoms with E-state index in [0.717, 1.165) is 0 Å². The molecule has 2 aromatic rings. The minimum absolute atomic E-state index is 0.199. The molecule has 0 saturated carbocycles. The highest BCUT2D eigenvalue weighted by Gasteiger charge is 2.08. The first kappa shape index (κ1) is 9.16. The minimum atomic E-state index is -0.993. The molecule has 4 nitrogen and oxygen atoms in total. The van der Waals surface area contributed by atoms with Gasteiger partial charge in [0.1, 0.15) is 11.8 Å². The molecule has 1 N–H and O–H groups in total. The van der Waals surface area contributed by atoms with Crippen LogP contribution in [0.25, 0.3) is 10.9 Å². The van der Waals surface area contributed by atoms with Gasteiger partial charge in [0.05, 0.1) is 11.1 Å². The maximum atomic E-state index is 10.9. The lowest BCUT2D eigenvalue weighted by Gasteiger charge is -2.00. The minimum Gasteiger partial charge on any atom is -0.478 e. The van der Waals surface area contributed by atoms with E-state index in [0.29, 0.717) is 10.9 Å². The third-order valence-corrected chi connectivity index (χ3v) is 2.08. The predicted molar refractivity (Wildman–Crippen MR) is 53.4 cm³/mol. The SMILES string of the molecule is N#Cc1ccc2c(C(=O)O)cccc2n1. The number of fused-ring (bicyclic) bond motifs is 1. The molecule has 0 bridgehead atoms. The summed E-state index contributed by atoms with van der Waals surface area (Å²) < 4.78 is 0. The molecule has 0 aliphatic rings. The second kappa shape index (κ2) is 3.39. The van der Waals surface area contributed by atoms with Gasteiger partial charge in [0.15, 0.2) is 0 Å². The van der Waals surface area contributed by atoms with Crippen LogP contribution in [0.1, 0.15) is 16.1 Å². The molecular formula is C11H6N2O2. The topological polar surface area (TPSA) is 74.0 Å². The quantitative estimate of drug-likeness (QED) is 0.758. The molecule has 0 radical (unpaired) electrons. The van der Waals surface area contributed by atoms with E-state index in [2.05, 4.69) is 4.98 Å². The average Bonchev–Trinajstić information content (AvgIpc) is 2.27. The highest BCUT2D eigenvalue weighted by atomic mass is 16.4. The number of aromatic carboxylic acids is 1. The third-order valence-electron chi connectivity index (χ3n) is 2.08. The standard InChI is InChI=1S/C11H6N2O2/c12-6-7-4-5-8-9(11(14)15)2-1-3-10(8)13-7/h1-5H,(H,14,15). The zero-order valence-corrected chi connectivity index (χ0v) is 7.64. The molecule has 0 amide bonds. The molecule has 0 aliphatic heterocycles. The van der Waals surface area contributed by atoms with Crippen molar-refractivity contribution in [3.05, 3.63) is 41.6 Å². The summed E-state index contributed by atoms with van der Waals surface area (Å²) in [5.74, 6) is -0.993. The molecular weight excluding hydrogens is 192 g/mol. The second-order valence-electron chi connectivity index (χ2n) is 2.99. The highest BCUT2D eigenvalue weighted by Crippen LogP contribution is 2.17. The van der Waals surface area contributed by atoms with Crippen molar-refractivity contribution in [3.63, 3.8) is 0 Å². The monoisotopic (exact) mass is 198 g/mol. The van der Waals surface area contributed by atoms with Gasteiger partial charge in [-0.05, 0) is 24.3 Å². The maximum Gasteiger partial charge on any atom is 0.336 e. The van der Waals surface area contributed by atoms with Crippen molar-refractivity contribution in [1.29, 1.82) is 5.26 Å². The lowest BCUT2D eigenvalue weighted by molar-refractivity contribution is 0.0699. The van der Waals surface area contributed by atoms with Gasteiger partial charge in [0.25, 0.3) is 0 Å². The Labute approximate surface area is 85.4 Å². The maximum absolute atomic E-state index is 10.9. The molecule has 1 aromatic heterocycles. The Hall–Kier alpha value is -2.41. The molecule has 0 unspecified atom stereocenters. The summed E-state index contributed by atoms with van der Waals surface area (Å²) in [5, 5.41) is 18.1. The molecule has 2 rings (SSSR count). The fraction of sp³-hybridized carbons (Fsp3) is 0. The first-order valence-electron chi connectivity index (χ1n) is 4.25. The molecule has 0 fully saturated rings. The highest BCUT2D eigenvalue weighted by molar-refractivity contribution is 6.02. The number of aromatic nitrogens is 1. The number of benzene rings is 1. The molecule has 0 aliphatic carbocycles. The van der Waals surface area contributed by atoms with Gasteiger partial charge < -0.3 is 5.11 Å². The lowest BCUT2D eigenvalue weighted by atomic mass is 10.1. The molecule has 0 spiro atoms. The van der Waals surface area contributed by atoms with Crippen LogP contribution in [-0.4, -0.2) is 16.1 Å². The Kier molecular flexibility index (Phi) is 2.07. The van der Waals surface area contributed by atoms with Crippen molar-refractivity contribution in [2.45, 2.75) is 0 Å². The Morgan fingerprint density at radius 1 is 1.33 bits per heavy atom. The summed E-state index contributed by atoms with van der Waals surface area (Å²) in [6, 6.07) is 9.83. The molecule has 72 valence electrons. The van der Waals surface area contributed by atoms with E-state index >= 15 is 0 Å². The van der Waals surface area contributed by atoms with Crippen LogP contribution < -0.4 is 0 Å². The fourth-order valence-corrected chi connectivity index (χ4v) is 1.40. The van der Waals surface area contributed by atoms with E-state index in [1.165, 1.54) is 12.1 Å². The van der Waals surface area contributed by atoms with Crippen LogP contribution >= 0.6 is 0 Å². The summed E-state index contributed by atoms with van der Waals surface area (Å²) in [6.07, 6.45) is 0. The van der Waals surface area contributed by atoms with Crippen molar-refractivity contribution in [1.82, 2.24) is 4.98 Å². The van der Waals surface area contributed by atoms with Gasteiger partial charge in [-0.3, -0.25) is 0 Å². The van der Waals surface area contributed by atoms with Gasteiger partial charge in [-0.15, -0.1) is 0 Å². The van der Waals surface area contributed by atoms with Gasteiger partial charge in [0, 0.05) is 5.39 Å². The molecule has 0 saturated heterocycles. The van der Waals surface area contributed by atoms with E-state index in [1.807, 2.05) is 6.07 Å². The number of rotatable bonds is 1. The Balaban J connectivity index is 2.79. The Morgan fingerprint density at radius 3 is 2.80 bits per heavy atom. The normalized spacial score (nSPS) is 9.80. The molecule has 0 atom stereocenters. The van der Waals surface area contributed by atoms with Gasteiger partial charge in [-0.2, -0.15) is 5.26 Å². The van der Waals surface area contributed by atoms with Gasteiger partial charge >= 0.3 is 5.97 Å². The van der Waals surface area contributed by atoms with Gasteiger partial charge in [0.2, 0.25) is 0 Å². The largest absolute Gasteiger partial charge is 0.478 e. The number of nitrogens with zero attached hydrogens (tertiary/aromatic N) is 2. The molecule has 15 heavy (non-hydrogen) atoms. The van der Waals surface area contributed by atoms with E-state index in [4.69, 9.17) is 10.4 Å². The van der Waals surface area contributed by atoms with E-state index < -0.39 is 5.97 Å². The van der Waals surface area contributed by atoms with E-state index in [1.54, 1.807) is 18.2 Å². The summed E-state index contributed by atoms with van der Waals surface area (Å²) in [6.45, 7) is 0. The molecule has 1 aromatic carbocycles. The third kappa shape index (κ3) is 1.51. The summed E-state index contributed by atoms with van der Waals surface area (Å²) in [7, 11) is 0. The Morgan fingerprint density at radius 2 is 2.13 bits per heavy atom. The first-order valence-corrected chi connectivity index (χ1v) is 4.25. The number of carboxylic acids is 1. The van der Waals surface area contributed by atoms with Crippen molar-refractivity contribution >= 4 is 16.9 Å². The van der Waals surface area contributed by atoms with Crippen LogP contribution in [0.4, 0.5) is 0 Å². The van der Waals surface area contributed by atoms with E-state index in [9.17, 15) is 4.79 Å². The van der Waals surface area contributed by atoms with Crippen LogP contribution in [-0.2, 0) is 0 Å². The van der Waals surface area contributed by atoms with Gasteiger partial charge in [-0.1, -0.05) is 6.07 Å². The van der Waals surface area contributed by atoms with Crippen LogP contribution in [0.15, 0.2) is 30.3 Å². The smallest absolute Gasteiger partial charge is 0.336 e. The number of carboxylic acid groups (broad SMARTS) is 1. The number of hydrogen-bond donors (Lipinski definition) is 1. The number of pyridine rings is 1. The Bertz CT molecular complexity index is 585. The van der Waals surface area contributed by atoms with Crippen LogP contribution in [0.2, 0.25) is 0 Å². The van der Waals surface area contributed by atoms with Crippen LogP contribution in [0, 0.1) is 11.3 Å². The number of carbonyl (C=O) groups is 1. The van der Waals surface area contributed by atoms with E-state index in [-0.39, 0.29) is 11.3 Å². The number of hydrogen-bond acceptors (Lipinski definition) is 3. The summed E-state index contributed by atoms with van der Waals surface area (Å²) >= 11 is 0. The molecule has 1 heterocycles. The van der Waals surface area contributed by atoms with Crippen molar-refractivity contribution in [2.24, 2.45) is 0 Å². The molecule has 4 heteroatoms. The summed E-state index contributed by atoms with van der Waals surface area (Å²) in [5.41, 5.74) is 1.00. The number of nitriles is 1. The average molecular weight is 198 g/mol. The van der Waals surface area contributed by atoms with Crippen molar-refractivity contribution in [3.8, 4) is 6.07 Å².